The van der Waals surface area contributed by atoms with Gasteiger partial charge in [-0.25, -0.2) is 4.79 Å². The van der Waals surface area contributed by atoms with E-state index in [-0.39, 0.29) is 11.5 Å². The molecule has 0 spiro atoms. The second kappa shape index (κ2) is 9.72. The van der Waals surface area contributed by atoms with Crippen LogP contribution >= 0.6 is 15.9 Å². The first-order valence-electron chi connectivity index (χ1n) is 9.06. The van der Waals surface area contributed by atoms with Crippen LogP contribution in [-0.2, 0) is 9.53 Å². The van der Waals surface area contributed by atoms with Crippen LogP contribution in [0.2, 0.25) is 0 Å². The van der Waals surface area contributed by atoms with Crippen LogP contribution in [0.5, 0.6) is 0 Å². The van der Waals surface area contributed by atoms with Crippen LogP contribution in [0.3, 0.4) is 0 Å². The number of furan rings is 1. The number of esters is 1. The molecule has 0 saturated carbocycles. The Morgan fingerprint density at radius 1 is 1.10 bits per heavy atom. The van der Waals surface area contributed by atoms with Gasteiger partial charge >= 0.3 is 5.97 Å². The van der Waals surface area contributed by atoms with Crippen molar-refractivity contribution in [1.82, 2.24) is 0 Å². The quantitative estimate of drug-likeness (QED) is 0.298. The zero-order valence-electron chi connectivity index (χ0n) is 16.0. The average Bonchev–Trinajstić information content (AvgIpc) is 3.22. The Bertz CT molecular complexity index is 1120. The number of nitrogens with one attached hydrogen (secondary N) is 1. The lowest BCUT2D eigenvalue weighted by molar-refractivity contribution is -0.112. The summed E-state index contributed by atoms with van der Waals surface area (Å²) in [5.74, 6) is -0.0108. The Kier molecular flexibility index (Phi) is 6.83. The van der Waals surface area contributed by atoms with E-state index in [1.807, 2.05) is 6.07 Å². The Hall–Kier alpha value is -3.63. The molecule has 7 heteroatoms. The van der Waals surface area contributed by atoms with E-state index in [0.29, 0.717) is 29.4 Å². The highest BCUT2D eigenvalue weighted by Crippen LogP contribution is 2.24. The molecule has 3 aromatic rings. The van der Waals surface area contributed by atoms with E-state index in [4.69, 9.17) is 9.15 Å². The van der Waals surface area contributed by atoms with E-state index in [9.17, 15) is 14.9 Å². The maximum Gasteiger partial charge on any atom is 0.338 e. The minimum Gasteiger partial charge on any atom is -0.462 e. The molecule has 1 N–H and O–H groups in total. The van der Waals surface area contributed by atoms with Gasteiger partial charge in [0.05, 0.1) is 12.2 Å². The van der Waals surface area contributed by atoms with Crippen molar-refractivity contribution < 1.29 is 18.7 Å². The SMILES string of the molecule is CCOC(=O)c1ccc(-c2ccc(/C=C(/C#N)C(=O)Nc3ccc(Br)cc3)o2)cc1. The van der Waals surface area contributed by atoms with Crippen LogP contribution in [0, 0.1) is 11.3 Å². The average molecular weight is 465 g/mol. The third-order valence-electron chi connectivity index (χ3n) is 4.06. The molecule has 0 radical (unpaired) electrons. The summed E-state index contributed by atoms with van der Waals surface area (Å²) in [5, 5.41) is 12.0. The molecule has 0 atom stereocenters. The molecule has 0 aliphatic heterocycles. The molecular weight excluding hydrogens is 448 g/mol. The number of amides is 1. The van der Waals surface area contributed by atoms with Gasteiger partial charge in [-0.15, -0.1) is 0 Å². The number of rotatable bonds is 6. The molecule has 0 saturated heterocycles. The Balaban J connectivity index is 1.74. The number of nitrogens with zero attached hydrogens (tertiary/aromatic N) is 1. The zero-order chi connectivity index (χ0) is 21.5. The van der Waals surface area contributed by atoms with Crippen molar-refractivity contribution in [3.05, 3.63) is 82.0 Å². The molecule has 0 aliphatic rings. The molecule has 1 amide bonds. The predicted octanol–water partition coefficient (Wildman–Crippen LogP) is 5.43. The smallest absolute Gasteiger partial charge is 0.338 e. The van der Waals surface area contributed by atoms with Crippen molar-refractivity contribution >= 4 is 39.6 Å². The van der Waals surface area contributed by atoms with Gasteiger partial charge in [0, 0.05) is 21.8 Å². The molecule has 0 unspecified atom stereocenters. The summed E-state index contributed by atoms with van der Waals surface area (Å²) in [6.07, 6.45) is 1.38. The highest BCUT2D eigenvalue weighted by atomic mass is 79.9. The van der Waals surface area contributed by atoms with Gasteiger partial charge in [0.15, 0.2) is 0 Å². The van der Waals surface area contributed by atoms with E-state index >= 15 is 0 Å². The predicted molar refractivity (Wildman–Crippen MR) is 116 cm³/mol. The number of carbonyl (C=O) groups is 2. The van der Waals surface area contributed by atoms with E-state index in [1.54, 1.807) is 67.6 Å². The number of benzene rings is 2. The van der Waals surface area contributed by atoms with Crippen LogP contribution in [0.4, 0.5) is 5.69 Å². The topological polar surface area (TPSA) is 92.3 Å². The summed E-state index contributed by atoms with van der Waals surface area (Å²) in [6.45, 7) is 2.06. The molecule has 6 nitrogen and oxygen atoms in total. The summed E-state index contributed by atoms with van der Waals surface area (Å²) in [4.78, 5) is 24.1. The normalized spacial score (nSPS) is 10.9. The van der Waals surface area contributed by atoms with Crippen LogP contribution in [0.25, 0.3) is 17.4 Å². The highest BCUT2D eigenvalue weighted by molar-refractivity contribution is 9.10. The van der Waals surface area contributed by atoms with E-state index < -0.39 is 5.91 Å². The van der Waals surface area contributed by atoms with Gasteiger partial charge in [-0.1, -0.05) is 28.1 Å². The van der Waals surface area contributed by atoms with Gasteiger partial charge in [0.1, 0.15) is 23.2 Å². The largest absolute Gasteiger partial charge is 0.462 e. The van der Waals surface area contributed by atoms with Crippen molar-refractivity contribution in [2.75, 3.05) is 11.9 Å². The number of carbonyl (C=O) groups excluding carboxylic acids is 2. The second-order valence-corrected chi connectivity index (χ2v) is 7.05. The van der Waals surface area contributed by atoms with Gasteiger partial charge in [0.25, 0.3) is 5.91 Å². The number of nitriles is 1. The molecule has 0 bridgehead atoms. The van der Waals surface area contributed by atoms with Crippen LogP contribution in [0.1, 0.15) is 23.0 Å². The van der Waals surface area contributed by atoms with Crippen LogP contribution < -0.4 is 5.32 Å². The van der Waals surface area contributed by atoms with Crippen molar-refractivity contribution in [3.63, 3.8) is 0 Å². The fourth-order valence-corrected chi connectivity index (χ4v) is 2.86. The van der Waals surface area contributed by atoms with Gasteiger partial charge in [0.2, 0.25) is 0 Å². The molecule has 0 aliphatic carbocycles. The summed E-state index contributed by atoms with van der Waals surface area (Å²) in [7, 11) is 0. The lowest BCUT2D eigenvalue weighted by Crippen LogP contribution is -2.13. The van der Waals surface area contributed by atoms with Crippen molar-refractivity contribution in [2.45, 2.75) is 6.92 Å². The van der Waals surface area contributed by atoms with Gasteiger partial charge < -0.3 is 14.5 Å². The van der Waals surface area contributed by atoms with Crippen molar-refractivity contribution in [2.24, 2.45) is 0 Å². The highest BCUT2D eigenvalue weighted by Gasteiger charge is 2.12. The van der Waals surface area contributed by atoms with Crippen molar-refractivity contribution in [3.8, 4) is 17.4 Å². The number of anilines is 1. The van der Waals surface area contributed by atoms with Crippen LogP contribution in [0.15, 0.2) is 75.1 Å². The maximum atomic E-state index is 12.4. The van der Waals surface area contributed by atoms with Gasteiger partial charge in [-0.05, 0) is 55.5 Å². The van der Waals surface area contributed by atoms with E-state index in [1.165, 1.54) is 6.08 Å². The lowest BCUT2D eigenvalue weighted by atomic mass is 10.1. The first kappa shape index (κ1) is 21.1. The Morgan fingerprint density at radius 2 is 1.80 bits per heavy atom. The summed E-state index contributed by atoms with van der Waals surface area (Å²) in [6, 6.07) is 19.1. The van der Waals surface area contributed by atoms with Gasteiger partial charge in [-0.3, -0.25) is 4.79 Å². The van der Waals surface area contributed by atoms with E-state index in [2.05, 4.69) is 21.2 Å². The molecule has 150 valence electrons. The number of ether oxygens (including phenoxy) is 1. The first-order chi connectivity index (χ1) is 14.5. The number of hydrogen-bond donors (Lipinski definition) is 1. The molecule has 2 aromatic carbocycles. The lowest BCUT2D eigenvalue weighted by Gasteiger charge is -2.04. The second-order valence-electron chi connectivity index (χ2n) is 6.13. The molecule has 1 heterocycles. The Morgan fingerprint density at radius 3 is 2.43 bits per heavy atom. The number of halogens is 1. The molecule has 30 heavy (non-hydrogen) atoms. The summed E-state index contributed by atoms with van der Waals surface area (Å²) >= 11 is 3.33. The fourth-order valence-electron chi connectivity index (χ4n) is 2.59. The molecular formula is C23H17BrN2O4. The number of hydrogen-bond acceptors (Lipinski definition) is 5. The molecule has 0 fully saturated rings. The minimum atomic E-state index is -0.531. The maximum absolute atomic E-state index is 12.4. The zero-order valence-corrected chi connectivity index (χ0v) is 17.6. The van der Waals surface area contributed by atoms with Crippen LogP contribution in [-0.4, -0.2) is 18.5 Å². The first-order valence-corrected chi connectivity index (χ1v) is 9.85. The third kappa shape index (κ3) is 5.25. The monoisotopic (exact) mass is 464 g/mol. The van der Waals surface area contributed by atoms with E-state index in [0.717, 1.165) is 10.0 Å². The fraction of sp³-hybridized carbons (Fsp3) is 0.0870. The van der Waals surface area contributed by atoms with Crippen molar-refractivity contribution in [1.29, 1.82) is 5.26 Å². The summed E-state index contributed by atoms with van der Waals surface area (Å²) < 4.78 is 11.6. The molecule has 3 rings (SSSR count). The third-order valence-corrected chi connectivity index (χ3v) is 4.59. The standard InChI is InChI=1S/C23H17BrN2O4/c1-2-29-23(28)16-5-3-15(4-6-16)21-12-11-20(30-21)13-17(14-25)22(27)26-19-9-7-18(24)8-10-19/h3-13H,2H2,1H3,(H,26,27)/b17-13-. The minimum absolute atomic E-state index is 0.0866. The molecule has 1 aromatic heterocycles. The van der Waals surface area contributed by atoms with Gasteiger partial charge in [-0.2, -0.15) is 5.26 Å². The summed E-state index contributed by atoms with van der Waals surface area (Å²) in [5.41, 5.74) is 1.69. The Labute approximate surface area is 181 Å².